The topological polar surface area (TPSA) is 120 Å². The average molecular weight is 337 g/mol. The van der Waals surface area contributed by atoms with Gasteiger partial charge in [0.2, 0.25) is 0 Å². The lowest BCUT2D eigenvalue weighted by atomic mass is 10.2. The zero-order valence-corrected chi connectivity index (χ0v) is 13.5. The van der Waals surface area contributed by atoms with Crippen LogP contribution >= 0.6 is 0 Å². The first kappa shape index (κ1) is 19.1. The molecule has 0 heterocycles. The van der Waals surface area contributed by atoms with Gasteiger partial charge in [0.1, 0.15) is 11.4 Å². The van der Waals surface area contributed by atoms with Gasteiger partial charge in [0, 0.05) is 12.5 Å². The summed E-state index contributed by atoms with van der Waals surface area (Å²) < 4.78 is 9.66. The Morgan fingerprint density at radius 2 is 1.83 bits per heavy atom. The number of carbonyl (C=O) groups excluding carboxylic acids is 2. The number of anilines is 1. The van der Waals surface area contributed by atoms with Crippen LogP contribution in [-0.2, 0) is 19.1 Å². The molecule has 0 atom stereocenters. The van der Waals surface area contributed by atoms with Gasteiger partial charge in [-0.2, -0.15) is 5.10 Å². The van der Waals surface area contributed by atoms with Crippen LogP contribution in [0.4, 0.5) is 11.4 Å². The molecule has 0 aliphatic heterocycles. The van der Waals surface area contributed by atoms with Gasteiger partial charge in [-0.25, -0.2) is 4.79 Å². The number of hydrogen-bond acceptors (Lipinski definition) is 8. The number of hydrogen-bond donors (Lipinski definition) is 1. The molecule has 1 rings (SSSR count). The summed E-state index contributed by atoms with van der Waals surface area (Å²) in [6, 6.07) is 5.86. The van der Waals surface area contributed by atoms with E-state index in [-0.39, 0.29) is 43.1 Å². The lowest BCUT2D eigenvalue weighted by Crippen LogP contribution is -2.20. The number of carbonyl (C=O) groups is 2. The van der Waals surface area contributed by atoms with Crippen molar-refractivity contribution in [1.29, 1.82) is 0 Å². The Hall–Kier alpha value is -2.97. The summed E-state index contributed by atoms with van der Waals surface area (Å²) in [5, 5.41) is 14.8. The number of para-hydroxylation sites is 2. The van der Waals surface area contributed by atoms with Crippen molar-refractivity contribution in [3.05, 3.63) is 34.4 Å². The molecule has 0 fully saturated rings. The first-order valence-corrected chi connectivity index (χ1v) is 7.38. The lowest BCUT2D eigenvalue weighted by molar-refractivity contribution is -0.384. The third kappa shape index (κ3) is 6.03. The van der Waals surface area contributed by atoms with E-state index in [1.807, 2.05) is 0 Å². The molecule has 1 N–H and O–H groups in total. The molecule has 0 amide bonds. The van der Waals surface area contributed by atoms with Gasteiger partial charge in [0.15, 0.2) is 0 Å². The van der Waals surface area contributed by atoms with E-state index in [4.69, 9.17) is 9.47 Å². The monoisotopic (exact) mass is 337 g/mol. The highest BCUT2D eigenvalue weighted by molar-refractivity contribution is 6.36. The number of benzene rings is 1. The maximum absolute atomic E-state index is 11.9. The van der Waals surface area contributed by atoms with E-state index in [0.29, 0.717) is 0 Å². The van der Waals surface area contributed by atoms with Gasteiger partial charge >= 0.3 is 11.9 Å². The Labute approximate surface area is 138 Å². The van der Waals surface area contributed by atoms with Gasteiger partial charge < -0.3 is 9.47 Å². The predicted molar refractivity (Wildman–Crippen MR) is 86.7 cm³/mol. The highest BCUT2D eigenvalue weighted by Crippen LogP contribution is 2.23. The molecule has 0 aliphatic rings. The molecule has 0 bridgehead atoms. The molecular formula is C15H19N3O6. The van der Waals surface area contributed by atoms with E-state index in [1.165, 1.54) is 18.2 Å². The molecule has 0 saturated heterocycles. The molecule has 0 radical (unpaired) electrons. The van der Waals surface area contributed by atoms with Gasteiger partial charge in [-0.15, -0.1) is 0 Å². The Morgan fingerprint density at radius 3 is 2.46 bits per heavy atom. The second-order valence-corrected chi connectivity index (χ2v) is 4.47. The molecule has 0 saturated carbocycles. The summed E-state index contributed by atoms with van der Waals surface area (Å²) in [6.07, 6.45) is -0.0602. The normalized spacial score (nSPS) is 10.8. The smallest absolute Gasteiger partial charge is 0.354 e. The second kappa shape index (κ2) is 9.93. The van der Waals surface area contributed by atoms with Crippen LogP contribution in [0, 0.1) is 10.1 Å². The molecule has 0 spiro atoms. The summed E-state index contributed by atoms with van der Waals surface area (Å²) >= 11 is 0. The zero-order chi connectivity index (χ0) is 17.9. The third-order valence-corrected chi connectivity index (χ3v) is 2.79. The van der Waals surface area contributed by atoms with Crippen molar-refractivity contribution in [2.45, 2.75) is 26.7 Å². The maximum Gasteiger partial charge on any atom is 0.354 e. The van der Waals surface area contributed by atoms with Crippen molar-refractivity contribution < 1.29 is 24.0 Å². The SMILES string of the molecule is CCOC(=O)CC/C(=N/Nc1ccccc1[N+](=O)[O-])C(=O)OCC. The van der Waals surface area contributed by atoms with Crippen molar-refractivity contribution in [3.8, 4) is 0 Å². The van der Waals surface area contributed by atoms with Crippen LogP contribution in [0.3, 0.4) is 0 Å². The van der Waals surface area contributed by atoms with Crippen LogP contribution in [0.2, 0.25) is 0 Å². The minimum atomic E-state index is -0.701. The van der Waals surface area contributed by atoms with E-state index in [2.05, 4.69) is 10.5 Å². The molecule has 9 nitrogen and oxygen atoms in total. The Kier molecular flexibility index (Phi) is 7.89. The van der Waals surface area contributed by atoms with E-state index in [9.17, 15) is 19.7 Å². The number of esters is 2. The number of hydrazone groups is 1. The van der Waals surface area contributed by atoms with Crippen LogP contribution in [0.15, 0.2) is 29.4 Å². The fourth-order valence-corrected chi connectivity index (χ4v) is 1.73. The predicted octanol–water partition coefficient (Wildman–Crippen LogP) is 2.27. The van der Waals surface area contributed by atoms with Gasteiger partial charge in [0.05, 0.1) is 24.6 Å². The number of nitrogens with zero attached hydrogens (tertiary/aromatic N) is 2. The lowest BCUT2D eigenvalue weighted by Gasteiger charge is -2.07. The highest BCUT2D eigenvalue weighted by Gasteiger charge is 2.17. The second-order valence-electron chi connectivity index (χ2n) is 4.47. The molecular weight excluding hydrogens is 318 g/mol. The number of nitrogens with one attached hydrogen (secondary N) is 1. The number of nitro benzene ring substituents is 1. The quantitative estimate of drug-likeness (QED) is 0.317. The standard InChI is InChI=1S/C15H19N3O6/c1-3-23-14(19)10-9-12(15(20)24-4-2)17-16-11-7-5-6-8-13(11)18(21)22/h5-8,16H,3-4,9-10H2,1-2H3/b17-12-. The van der Waals surface area contributed by atoms with Crippen LogP contribution in [0.5, 0.6) is 0 Å². The fraction of sp³-hybridized carbons (Fsp3) is 0.400. The van der Waals surface area contributed by atoms with Gasteiger partial charge in [-0.1, -0.05) is 12.1 Å². The third-order valence-electron chi connectivity index (χ3n) is 2.79. The number of nitro groups is 1. The summed E-state index contributed by atoms with van der Waals surface area (Å²) in [5.41, 5.74) is 2.37. The molecule has 24 heavy (non-hydrogen) atoms. The summed E-state index contributed by atoms with van der Waals surface area (Å²) in [7, 11) is 0. The average Bonchev–Trinajstić information content (AvgIpc) is 2.55. The van der Waals surface area contributed by atoms with Crippen LogP contribution in [0.25, 0.3) is 0 Å². The van der Waals surface area contributed by atoms with Crippen LogP contribution < -0.4 is 5.43 Å². The fourth-order valence-electron chi connectivity index (χ4n) is 1.73. The molecule has 0 aliphatic carbocycles. The molecule has 0 unspecified atom stereocenters. The minimum absolute atomic E-state index is 0.00863. The Bertz CT molecular complexity index is 629. The largest absolute Gasteiger partial charge is 0.466 e. The van der Waals surface area contributed by atoms with Crippen molar-refractivity contribution in [2.75, 3.05) is 18.6 Å². The number of rotatable bonds is 9. The maximum atomic E-state index is 11.9. The van der Waals surface area contributed by atoms with Crippen molar-refractivity contribution >= 4 is 29.0 Å². The van der Waals surface area contributed by atoms with Gasteiger partial charge in [0.25, 0.3) is 5.69 Å². The molecule has 9 heteroatoms. The van der Waals surface area contributed by atoms with Crippen molar-refractivity contribution in [1.82, 2.24) is 0 Å². The molecule has 0 aromatic heterocycles. The first-order valence-electron chi connectivity index (χ1n) is 7.38. The molecule has 1 aromatic rings. The highest BCUT2D eigenvalue weighted by atomic mass is 16.6. The first-order chi connectivity index (χ1) is 11.5. The van der Waals surface area contributed by atoms with E-state index < -0.39 is 16.9 Å². The van der Waals surface area contributed by atoms with Gasteiger partial charge in [-0.3, -0.25) is 20.3 Å². The molecule has 1 aromatic carbocycles. The van der Waals surface area contributed by atoms with Crippen molar-refractivity contribution in [3.63, 3.8) is 0 Å². The van der Waals surface area contributed by atoms with Crippen molar-refractivity contribution in [2.24, 2.45) is 5.10 Å². The molecule has 130 valence electrons. The minimum Gasteiger partial charge on any atom is -0.466 e. The summed E-state index contributed by atoms with van der Waals surface area (Å²) in [4.78, 5) is 33.7. The number of ether oxygens (including phenoxy) is 2. The Morgan fingerprint density at radius 1 is 1.17 bits per heavy atom. The van der Waals surface area contributed by atoms with Gasteiger partial charge in [-0.05, 0) is 19.9 Å². The zero-order valence-electron chi connectivity index (χ0n) is 13.5. The Balaban J connectivity index is 2.90. The van der Waals surface area contributed by atoms with E-state index >= 15 is 0 Å². The van der Waals surface area contributed by atoms with Crippen LogP contribution in [-0.4, -0.2) is 35.8 Å². The van der Waals surface area contributed by atoms with E-state index in [1.54, 1.807) is 19.9 Å². The van der Waals surface area contributed by atoms with Crippen LogP contribution in [0.1, 0.15) is 26.7 Å². The summed E-state index contributed by atoms with van der Waals surface area (Å²) in [5.74, 6) is -1.17. The summed E-state index contributed by atoms with van der Waals surface area (Å²) in [6.45, 7) is 3.69. The van der Waals surface area contributed by atoms with E-state index in [0.717, 1.165) is 0 Å².